The van der Waals surface area contributed by atoms with Crippen molar-refractivity contribution in [3.8, 4) is 0 Å². The van der Waals surface area contributed by atoms with E-state index < -0.39 is 0 Å². The van der Waals surface area contributed by atoms with Gasteiger partial charge in [-0.1, -0.05) is 12.2 Å². The maximum absolute atomic E-state index is 5.82. The van der Waals surface area contributed by atoms with Crippen LogP contribution in [0, 0.1) is 13.8 Å². The Balaban J connectivity index is 2.21. The second kappa shape index (κ2) is 5.81. The summed E-state index contributed by atoms with van der Waals surface area (Å²) < 4.78 is 0. The number of pyridine rings is 1. The summed E-state index contributed by atoms with van der Waals surface area (Å²) >= 11 is 5.14. The number of aryl methyl sites for hydroxylation is 2. The second-order valence-electron chi connectivity index (χ2n) is 5.04. The maximum atomic E-state index is 5.82. The second-order valence-corrected chi connectivity index (χ2v) is 5.48. The van der Waals surface area contributed by atoms with Gasteiger partial charge in [0.25, 0.3) is 0 Å². The Morgan fingerprint density at radius 2 is 1.95 bits per heavy atom. The van der Waals surface area contributed by atoms with Crippen LogP contribution in [0.4, 0.5) is 5.69 Å². The van der Waals surface area contributed by atoms with Crippen LogP contribution in [-0.2, 0) is 0 Å². The van der Waals surface area contributed by atoms with Gasteiger partial charge in [0.05, 0.1) is 11.3 Å². The number of hydrogen-bond acceptors (Lipinski definition) is 5. The number of rotatable bonds is 3. The minimum absolute atomic E-state index is 0.390. The van der Waals surface area contributed by atoms with Crippen molar-refractivity contribution in [2.45, 2.75) is 13.8 Å². The zero-order valence-electron chi connectivity index (χ0n) is 11.7. The molecular weight excluding hydrogens is 258 g/mol. The molecule has 0 amide bonds. The molecule has 0 saturated carbocycles. The molecule has 0 atom stereocenters. The first-order valence-corrected chi connectivity index (χ1v) is 6.86. The predicted molar refractivity (Wildman–Crippen MR) is 82.3 cm³/mol. The van der Waals surface area contributed by atoms with Crippen molar-refractivity contribution in [2.75, 3.05) is 38.7 Å². The van der Waals surface area contributed by atoms with Gasteiger partial charge in [-0.15, -0.1) is 0 Å². The van der Waals surface area contributed by atoms with Gasteiger partial charge in [0.15, 0.2) is 0 Å². The minimum atomic E-state index is 0.390. The average Bonchev–Trinajstić information content (AvgIpc) is 2.30. The van der Waals surface area contributed by atoms with E-state index in [9.17, 15) is 0 Å². The highest BCUT2D eigenvalue weighted by Gasteiger charge is 2.17. The summed E-state index contributed by atoms with van der Waals surface area (Å²) in [6.07, 6.45) is 0. The molecule has 6 heteroatoms. The molecule has 19 heavy (non-hydrogen) atoms. The maximum Gasteiger partial charge on any atom is 0.107 e. The molecule has 1 fully saturated rings. The number of likely N-dealkylation sites (N-methyl/N-ethyl adjacent to an activating group) is 1. The van der Waals surface area contributed by atoms with Crippen molar-refractivity contribution >= 4 is 22.9 Å². The fraction of sp³-hybridized carbons (Fsp3) is 0.538. The van der Waals surface area contributed by atoms with E-state index in [2.05, 4.69) is 27.4 Å². The summed E-state index contributed by atoms with van der Waals surface area (Å²) in [6.45, 7) is 7.99. The van der Waals surface area contributed by atoms with Crippen molar-refractivity contribution in [3.63, 3.8) is 0 Å². The van der Waals surface area contributed by atoms with E-state index in [4.69, 9.17) is 18.0 Å². The third kappa shape index (κ3) is 3.40. The monoisotopic (exact) mass is 279 g/mol. The molecule has 5 nitrogen and oxygen atoms in total. The van der Waals surface area contributed by atoms with Gasteiger partial charge in [-0.3, -0.25) is 4.98 Å². The van der Waals surface area contributed by atoms with E-state index in [0.29, 0.717) is 4.99 Å². The Kier molecular flexibility index (Phi) is 4.34. The Bertz CT molecular complexity index is 480. The molecule has 0 bridgehead atoms. The van der Waals surface area contributed by atoms with Crippen LogP contribution in [0.5, 0.6) is 0 Å². The molecule has 104 valence electrons. The number of piperazine rings is 1. The molecule has 1 aromatic heterocycles. The van der Waals surface area contributed by atoms with Crippen LogP contribution in [0.1, 0.15) is 17.0 Å². The number of hydrogen-bond donors (Lipinski definition) is 2. The van der Waals surface area contributed by atoms with Crippen LogP contribution in [-0.4, -0.2) is 53.1 Å². The summed E-state index contributed by atoms with van der Waals surface area (Å²) in [4.78, 5) is 7.13. The first-order valence-electron chi connectivity index (χ1n) is 6.45. The number of nitrogens with one attached hydrogen (secondary N) is 1. The summed E-state index contributed by atoms with van der Waals surface area (Å²) in [6, 6.07) is 2.00. The first kappa shape index (κ1) is 14.2. The Hall–Kier alpha value is -1.24. The molecule has 0 spiro atoms. The van der Waals surface area contributed by atoms with Gasteiger partial charge in [0.1, 0.15) is 4.99 Å². The third-order valence-corrected chi connectivity index (χ3v) is 3.56. The fourth-order valence-corrected chi connectivity index (χ4v) is 2.57. The van der Waals surface area contributed by atoms with Gasteiger partial charge >= 0.3 is 0 Å². The van der Waals surface area contributed by atoms with Gasteiger partial charge < -0.3 is 16.1 Å². The van der Waals surface area contributed by atoms with Gasteiger partial charge in [-0.05, 0) is 27.0 Å². The zero-order chi connectivity index (χ0) is 14.0. The summed E-state index contributed by atoms with van der Waals surface area (Å²) in [7, 11) is 2.14. The molecule has 3 N–H and O–H groups in total. The summed E-state index contributed by atoms with van der Waals surface area (Å²) in [5.41, 5.74) is 12.9. The van der Waals surface area contributed by atoms with Crippen molar-refractivity contribution in [1.82, 2.24) is 14.9 Å². The molecule has 2 heterocycles. The highest BCUT2D eigenvalue weighted by Crippen LogP contribution is 2.20. The van der Waals surface area contributed by atoms with Gasteiger partial charge in [-0.25, -0.2) is 5.01 Å². The van der Waals surface area contributed by atoms with Crippen LogP contribution in [0.3, 0.4) is 0 Å². The number of hydrazine groups is 1. The number of nitrogens with zero attached hydrogens (tertiary/aromatic N) is 3. The lowest BCUT2D eigenvalue weighted by molar-refractivity contribution is 0.179. The van der Waals surface area contributed by atoms with Crippen LogP contribution in [0.15, 0.2) is 6.07 Å². The zero-order valence-corrected chi connectivity index (χ0v) is 12.5. The average molecular weight is 279 g/mol. The summed E-state index contributed by atoms with van der Waals surface area (Å²) in [5, 5.41) is 2.20. The normalized spacial score (nSPS) is 17.4. The molecule has 2 rings (SSSR count). The predicted octanol–water partition coefficient (Wildman–Crippen LogP) is 0.907. The van der Waals surface area contributed by atoms with E-state index in [-0.39, 0.29) is 0 Å². The lowest BCUT2D eigenvalue weighted by atomic mass is 10.1. The first-order chi connectivity index (χ1) is 8.97. The molecule has 1 aromatic rings. The molecule has 0 aromatic carbocycles. The van der Waals surface area contributed by atoms with E-state index in [1.807, 2.05) is 19.9 Å². The molecule has 0 aliphatic carbocycles. The van der Waals surface area contributed by atoms with Gasteiger partial charge in [0, 0.05) is 37.6 Å². The van der Waals surface area contributed by atoms with E-state index >= 15 is 0 Å². The van der Waals surface area contributed by atoms with Crippen LogP contribution in [0.2, 0.25) is 0 Å². The third-order valence-electron chi connectivity index (χ3n) is 3.36. The molecule has 1 aliphatic heterocycles. The number of aromatic nitrogens is 1. The van der Waals surface area contributed by atoms with Gasteiger partial charge in [-0.2, -0.15) is 0 Å². The summed E-state index contributed by atoms with van der Waals surface area (Å²) in [5.74, 6) is 0. The van der Waals surface area contributed by atoms with Crippen LogP contribution >= 0.6 is 12.2 Å². The smallest absolute Gasteiger partial charge is 0.107 e. The Morgan fingerprint density at radius 1 is 1.32 bits per heavy atom. The molecule has 1 aliphatic rings. The van der Waals surface area contributed by atoms with Crippen molar-refractivity contribution in [3.05, 3.63) is 23.0 Å². The van der Waals surface area contributed by atoms with Crippen LogP contribution < -0.4 is 11.2 Å². The quantitative estimate of drug-likeness (QED) is 0.802. The largest absolute Gasteiger partial charge is 0.389 e. The Labute approximate surface area is 119 Å². The van der Waals surface area contributed by atoms with E-state index in [1.165, 1.54) is 0 Å². The molecular formula is C13H21N5S. The number of thiocarbonyl (C=S) groups is 1. The Morgan fingerprint density at radius 3 is 2.53 bits per heavy atom. The topological polar surface area (TPSA) is 57.4 Å². The number of anilines is 1. The lowest BCUT2D eigenvalue weighted by Gasteiger charge is -2.33. The van der Waals surface area contributed by atoms with E-state index in [1.54, 1.807) is 0 Å². The number of nitrogens with two attached hydrogens (primary N) is 1. The van der Waals surface area contributed by atoms with Crippen molar-refractivity contribution < 1.29 is 0 Å². The van der Waals surface area contributed by atoms with Gasteiger partial charge in [0.2, 0.25) is 0 Å². The molecule has 0 unspecified atom stereocenters. The molecule has 0 radical (unpaired) electrons. The highest BCUT2D eigenvalue weighted by molar-refractivity contribution is 7.80. The molecule has 1 saturated heterocycles. The highest BCUT2D eigenvalue weighted by atomic mass is 32.1. The standard InChI is InChI=1S/C13H21N5S/c1-9-8-11(12(13(14)19)10(2)15-9)16-18-6-4-17(3)5-7-18/h8H,4-7H2,1-3H3,(H2,14,19)(H,15,16). The lowest BCUT2D eigenvalue weighted by Crippen LogP contribution is -2.47. The van der Waals surface area contributed by atoms with Crippen molar-refractivity contribution in [1.29, 1.82) is 0 Å². The van der Waals surface area contributed by atoms with Crippen molar-refractivity contribution in [2.24, 2.45) is 5.73 Å². The van der Waals surface area contributed by atoms with E-state index in [0.717, 1.165) is 48.8 Å². The fourth-order valence-electron chi connectivity index (χ4n) is 2.32. The van der Waals surface area contributed by atoms with Crippen LogP contribution in [0.25, 0.3) is 0 Å². The minimum Gasteiger partial charge on any atom is -0.389 e. The SMILES string of the molecule is Cc1cc(NN2CCN(C)CC2)c(C(N)=S)c(C)n1.